The van der Waals surface area contributed by atoms with Crippen molar-refractivity contribution in [2.24, 2.45) is 0 Å². The van der Waals surface area contributed by atoms with Gasteiger partial charge in [-0.3, -0.25) is 4.98 Å². The summed E-state index contributed by atoms with van der Waals surface area (Å²) in [5, 5.41) is 13.1. The summed E-state index contributed by atoms with van der Waals surface area (Å²) in [6.45, 7) is 3.79. The van der Waals surface area contributed by atoms with Gasteiger partial charge in [-0.2, -0.15) is 0 Å². The van der Waals surface area contributed by atoms with Crippen LogP contribution in [-0.2, 0) is 6.54 Å². The van der Waals surface area contributed by atoms with Gasteiger partial charge in [0.15, 0.2) is 0 Å². The van der Waals surface area contributed by atoms with Crippen LogP contribution in [0.5, 0.6) is 5.75 Å². The predicted molar refractivity (Wildman–Crippen MR) is 70.5 cm³/mol. The molecule has 0 amide bonds. The Hall–Kier alpha value is -1.13. The highest BCUT2D eigenvalue weighted by Crippen LogP contribution is 2.23. The number of aromatic nitrogens is 1. The van der Waals surface area contributed by atoms with Crippen LogP contribution < -0.4 is 10.1 Å². The van der Waals surface area contributed by atoms with E-state index in [0.717, 1.165) is 50.2 Å². The van der Waals surface area contributed by atoms with Gasteiger partial charge in [-0.05, 0) is 37.9 Å². The highest BCUT2D eigenvalue weighted by Gasteiger charge is 2.24. The first-order chi connectivity index (χ1) is 8.79. The lowest BCUT2D eigenvalue weighted by Crippen LogP contribution is -2.34. The lowest BCUT2D eigenvalue weighted by molar-refractivity contribution is 0.00668. The average molecular weight is 250 g/mol. The van der Waals surface area contributed by atoms with Crippen LogP contribution in [-0.4, -0.2) is 28.8 Å². The van der Waals surface area contributed by atoms with Gasteiger partial charge in [0.25, 0.3) is 0 Å². The fraction of sp³-hybridized carbons (Fsp3) is 0.643. The smallest absolute Gasteiger partial charge is 0.138 e. The van der Waals surface area contributed by atoms with E-state index in [-0.39, 0.29) is 12.2 Å². The number of ether oxygens (including phenoxy) is 1. The van der Waals surface area contributed by atoms with Crippen molar-refractivity contribution in [1.29, 1.82) is 0 Å². The van der Waals surface area contributed by atoms with Crippen molar-refractivity contribution in [3.8, 4) is 5.75 Å². The van der Waals surface area contributed by atoms with E-state index in [2.05, 4.69) is 17.2 Å². The Bertz CT molecular complexity index is 353. The molecule has 1 heterocycles. The van der Waals surface area contributed by atoms with Gasteiger partial charge in [-0.25, -0.2) is 0 Å². The van der Waals surface area contributed by atoms with Gasteiger partial charge in [-0.1, -0.05) is 13.3 Å². The summed E-state index contributed by atoms with van der Waals surface area (Å²) in [7, 11) is 0. The van der Waals surface area contributed by atoms with Crippen molar-refractivity contribution in [1.82, 2.24) is 10.3 Å². The number of rotatable bonds is 5. The molecule has 0 bridgehead atoms. The van der Waals surface area contributed by atoms with Crippen molar-refractivity contribution < 1.29 is 9.84 Å². The molecule has 18 heavy (non-hydrogen) atoms. The second-order valence-electron chi connectivity index (χ2n) is 4.77. The number of aliphatic hydroxyl groups excluding tert-OH is 1. The molecule has 1 aromatic rings. The Balaban J connectivity index is 1.89. The van der Waals surface area contributed by atoms with E-state index in [1.807, 2.05) is 12.1 Å². The first-order valence-corrected chi connectivity index (χ1v) is 6.80. The predicted octanol–water partition coefficient (Wildman–Crippen LogP) is 1.87. The molecular formula is C14H22N2O2. The molecule has 0 spiro atoms. The fourth-order valence-electron chi connectivity index (χ4n) is 2.23. The minimum atomic E-state index is -0.333. The molecular weight excluding hydrogens is 228 g/mol. The molecule has 100 valence electrons. The van der Waals surface area contributed by atoms with Gasteiger partial charge in [0.05, 0.1) is 18.0 Å². The molecule has 0 aliphatic heterocycles. The Morgan fingerprint density at radius 1 is 1.39 bits per heavy atom. The largest absolute Gasteiger partial charge is 0.486 e. The van der Waals surface area contributed by atoms with E-state index in [0.29, 0.717) is 0 Å². The van der Waals surface area contributed by atoms with Crippen molar-refractivity contribution in [2.45, 2.75) is 51.4 Å². The van der Waals surface area contributed by atoms with Crippen molar-refractivity contribution in [3.05, 3.63) is 24.0 Å². The van der Waals surface area contributed by atoms with E-state index in [1.54, 1.807) is 6.20 Å². The summed E-state index contributed by atoms with van der Waals surface area (Å²) in [5.41, 5.74) is 1.01. The van der Waals surface area contributed by atoms with E-state index in [4.69, 9.17) is 4.74 Å². The molecule has 1 fully saturated rings. The second-order valence-corrected chi connectivity index (χ2v) is 4.77. The third-order valence-electron chi connectivity index (χ3n) is 3.31. The number of nitrogens with zero attached hydrogens (tertiary/aromatic N) is 1. The van der Waals surface area contributed by atoms with Crippen LogP contribution in [0.25, 0.3) is 0 Å². The molecule has 2 atom stereocenters. The molecule has 2 rings (SSSR count). The van der Waals surface area contributed by atoms with Gasteiger partial charge in [0, 0.05) is 6.54 Å². The van der Waals surface area contributed by atoms with Crippen LogP contribution in [0, 0.1) is 0 Å². The Labute approximate surface area is 108 Å². The average Bonchev–Trinajstić information content (AvgIpc) is 2.41. The number of hydrogen-bond acceptors (Lipinski definition) is 4. The maximum absolute atomic E-state index is 9.85. The molecule has 0 aromatic carbocycles. The minimum absolute atomic E-state index is 0.0693. The summed E-state index contributed by atoms with van der Waals surface area (Å²) in [5.74, 6) is 0.751. The number of nitrogens with one attached hydrogen (secondary N) is 1. The highest BCUT2D eigenvalue weighted by atomic mass is 16.5. The van der Waals surface area contributed by atoms with Gasteiger partial charge < -0.3 is 15.2 Å². The lowest BCUT2D eigenvalue weighted by Gasteiger charge is -2.28. The highest BCUT2D eigenvalue weighted by molar-refractivity contribution is 5.20. The molecule has 4 nitrogen and oxygen atoms in total. The molecule has 1 aliphatic carbocycles. The Morgan fingerprint density at radius 2 is 2.22 bits per heavy atom. The normalized spacial score (nSPS) is 23.9. The maximum Gasteiger partial charge on any atom is 0.138 e. The standard InChI is InChI=1S/C14H22N2O2/c1-2-15-9-11-7-8-12(10-16-11)18-14-6-4-3-5-13(14)17/h7-8,10,13-15,17H,2-6,9H2,1H3. The molecule has 2 unspecified atom stereocenters. The molecule has 4 heteroatoms. The van der Waals surface area contributed by atoms with Crippen LogP contribution in [0.2, 0.25) is 0 Å². The molecule has 2 N–H and O–H groups in total. The van der Waals surface area contributed by atoms with Crippen LogP contribution >= 0.6 is 0 Å². The number of hydrogen-bond donors (Lipinski definition) is 2. The summed E-state index contributed by atoms with van der Waals surface area (Å²) in [6, 6.07) is 3.90. The Kier molecular flexibility index (Phi) is 4.96. The quantitative estimate of drug-likeness (QED) is 0.837. The summed E-state index contributed by atoms with van der Waals surface area (Å²) in [6.07, 6.45) is 5.35. The van der Waals surface area contributed by atoms with Gasteiger partial charge in [-0.15, -0.1) is 0 Å². The molecule has 1 aromatic heterocycles. The third-order valence-corrected chi connectivity index (χ3v) is 3.31. The van der Waals surface area contributed by atoms with Crippen molar-refractivity contribution in [2.75, 3.05) is 6.54 Å². The van der Waals surface area contributed by atoms with Crippen molar-refractivity contribution in [3.63, 3.8) is 0 Å². The van der Waals surface area contributed by atoms with Gasteiger partial charge in [0.2, 0.25) is 0 Å². The fourth-order valence-corrected chi connectivity index (χ4v) is 2.23. The Morgan fingerprint density at radius 3 is 2.89 bits per heavy atom. The summed E-state index contributed by atoms with van der Waals surface area (Å²) < 4.78 is 5.79. The summed E-state index contributed by atoms with van der Waals surface area (Å²) in [4.78, 5) is 4.34. The van der Waals surface area contributed by atoms with E-state index in [9.17, 15) is 5.11 Å². The molecule has 0 radical (unpaired) electrons. The topological polar surface area (TPSA) is 54.4 Å². The van der Waals surface area contributed by atoms with Crippen LogP contribution in [0.4, 0.5) is 0 Å². The second kappa shape index (κ2) is 6.71. The zero-order chi connectivity index (χ0) is 12.8. The zero-order valence-corrected chi connectivity index (χ0v) is 10.9. The van der Waals surface area contributed by atoms with E-state index in [1.165, 1.54) is 0 Å². The van der Waals surface area contributed by atoms with Gasteiger partial charge in [0.1, 0.15) is 11.9 Å². The minimum Gasteiger partial charge on any atom is -0.486 e. The van der Waals surface area contributed by atoms with Gasteiger partial charge >= 0.3 is 0 Å². The molecule has 1 saturated carbocycles. The monoisotopic (exact) mass is 250 g/mol. The van der Waals surface area contributed by atoms with E-state index >= 15 is 0 Å². The van der Waals surface area contributed by atoms with Crippen molar-refractivity contribution >= 4 is 0 Å². The zero-order valence-electron chi connectivity index (χ0n) is 10.9. The van der Waals surface area contributed by atoms with Crippen LogP contribution in [0.3, 0.4) is 0 Å². The SMILES string of the molecule is CCNCc1ccc(OC2CCCCC2O)cn1. The maximum atomic E-state index is 9.85. The number of aliphatic hydroxyl groups is 1. The lowest BCUT2D eigenvalue weighted by atomic mass is 9.95. The summed E-state index contributed by atoms with van der Waals surface area (Å²) >= 11 is 0. The first-order valence-electron chi connectivity index (χ1n) is 6.80. The molecule has 1 aliphatic rings. The first kappa shape index (κ1) is 13.3. The van der Waals surface area contributed by atoms with Crippen LogP contribution in [0.15, 0.2) is 18.3 Å². The molecule has 0 saturated heterocycles. The third kappa shape index (κ3) is 3.68. The van der Waals surface area contributed by atoms with E-state index < -0.39 is 0 Å². The number of pyridine rings is 1. The van der Waals surface area contributed by atoms with Crippen LogP contribution in [0.1, 0.15) is 38.3 Å².